The highest BCUT2D eigenvalue weighted by Gasteiger charge is 2.63. The van der Waals surface area contributed by atoms with Gasteiger partial charge in [-0.15, -0.1) is 10.1 Å². The molecule has 0 amide bonds. The molecule has 0 bridgehead atoms. The van der Waals surface area contributed by atoms with Crippen molar-refractivity contribution in [3.05, 3.63) is 16.3 Å². The molecule has 0 saturated carbocycles. The summed E-state index contributed by atoms with van der Waals surface area (Å²) in [7, 11) is 0. The number of morpholine rings is 1. The number of aromatic nitrogens is 2. The average Bonchev–Trinajstić information content (AvgIpc) is 3.08. The highest BCUT2D eigenvalue weighted by molar-refractivity contribution is 6.99. The largest absolute Gasteiger partial charge is 0.367 e. The molecule has 2 aliphatic heterocycles. The van der Waals surface area contributed by atoms with Crippen LogP contribution in [-0.4, -0.2) is 66.6 Å². The summed E-state index contributed by atoms with van der Waals surface area (Å²) in [4.78, 5) is 17.0. The van der Waals surface area contributed by atoms with Crippen molar-refractivity contribution in [2.24, 2.45) is 0 Å². The van der Waals surface area contributed by atoms with Gasteiger partial charge in [0.15, 0.2) is 5.82 Å². The fourth-order valence-electron chi connectivity index (χ4n) is 3.87. The minimum atomic E-state index is -0.827. The predicted molar refractivity (Wildman–Crippen MR) is 84.4 cm³/mol. The maximum atomic E-state index is 10.7. The summed E-state index contributed by atoms with van der Waals surface area (Å²) in [6, 6.07) is -0.187. The van der Waals surface area contributed by atoms with Gasteiger partial charge in [0.05, 0.1) is 41.1 Å². The first-order valence-electron chi connectivity index (χ1n) is 7.62. The van der Waals surface area contributed by atoms with Gasteiger partial charge in [-0.2, -0.15) is 13.8 Å². The summed E-state index contributed by atoms with van der Waals surface area (Å²) in [5.41, 5.74) is -1.28. The van der Waals surface area contributed by atoms with Crippen LogP contribution >= 0.6 is 11.7 Å². The molecule has 3 unspecified atom stereocenters. The number of rotatable bonds is 4. The molecule has 1 aromatic rings. The molecule has 3 heterocycles. The van der Waals surface area contributed by atoms with Crippen molar-refractivity contribution in [3.8, 4) is 0 Å². The molecule has 0 aromatic carbocycles. The Balaban J connectivity index is 1.95. The van der Waals surface area contributed by atoms with E-state index in [1.54, 1.807) is 6.20 Å². The van der Waals surface area contributed by atoms with Gasteiger partial charge in [0, 0.05) is 6.54 Å². The first-order chi connectivity index (χ1) is 11.2. The van der Waals surface area contributed by atoms with E-state index in [1.165, 1.54) is 5.06 Å². The summed E-state index contributed by atoms with van der Waals surface area (Å²) in [5, 5.41) is 21.7. The Hall–Kier alpha value is -1.56. The Bertz CT molecular complexity index is 610. The van der Waals surface area contributed by atoms with Crippen LogP contribution in [-0.2, 0) is 9.57 Å². The van der Waals surface area contributed by atoms with Crippen LogP contribution < -0.4 is 4.90 Å². The number of anilines is 1. The molecule has 0 radical (unpaired) electrons. The lowest BCUT2D eigenvalue weighted by molar-refractivity contribution is -0.759. The third-order valence-electron chi connectivity index (χ3n) is 4.88. The molecule has 2 aliphatic rings. The van der Waals surface area contributed by atoms with Crippen molar-refractivity contribution in [1.29, 1.82) is 0 Å². The smallest absolute Gasteiger partial charge is 0.294 e. The molecular weight excluding hydrogens is 338 g/mol. The van der Waals surface area contributed by atoms with E-state index in [1.807, 2.05) is 32.6 Å². The monoisotopic (exact) mass is 359 g/mol. The van der Waals surface area contributed by atoms with E-state index in [9.17, 15) is 15.3 Å². The molecular formula is C13H21N5O5S. The second-order valence-electron chi connectivity index (χ2n) is 7.18. The van der Waals surface area contributed by atoms with E-state index in [2.05, 4.69) is 13.6 Å². The van der Waals surface area contributed by atoms with Gasteiger partial charge in [0.1, 0.15) is 12.7 Å². The lowest BCUT2D eigenvalue weighted by atomic mass is 9.88. The standard InChI is InChI=1S/C13H21N5O5S/c1-12(2)10-11(13(3,4)17(12)19)23-8(7-22-18(20)21)6-16(10)9-5-14-24-15-9/h5,8,10-11,19H,6-7H2,1-4H3. The highest BCUT2D eigenvalue weighted by Crippen LogP contribution is 2.47. The van der Waals surface area contributed by atoms with Gasteiger partial charge in [-0.1, -0.05) is 0 Å². The van der Waals surface area contributed by atoms with Gasteiger partial charge < -0.3 is 19.7 Å². The SMILES string of the molecule is CC1(C)C2OC(CO[N+](=O)[O-])CN(c3cnsn3)C2C(C)(C)N1O. The van der Waals surface area contributed by atoms with Crippen LogP contribution in [0.5, 0.6) is 0 Å². The number of hydrogen-bond acceptors (Lipinski definition) is 10. The minimum absolute atomic E-state index is 0.174. The van der Waals surface area contributed by atoms with Crippen LogP contribution in [0, 0.1) is 10.1 Å². The predicted octanol–water partition coefficient (Wildman–Crippen LogP) is 0.951. The topological polar surface area (TPSA) is 114 Å². The summed E-state index contributed by atoms with van der Waals surface area (Å²) >= 11 is 1.09. The molecule has 11 heteroatoms. The Morgan fingerprint density at radius 3 is 2.79 bits per heavy atom. The van der Waals surface area contributed by atoms with Crippen molar-refractivity contribution in [2.45, 2.75) is 57.0 Å². The lowest BCUT2D eigenvalue weighted by Gasteiger charge is -2.46. The summed E-state index contributed by atoms with van der Waals surface area (Å²) in [5.74, 6) is 0.670. The molecule has 0 aliphatic carbocycles. The van der Waals surface area contributed by atoms with Gasteiger partial charge in [0.25, 0.3) is 5.09 Å². The van der Waals surface area contributed by atoms with Crippen LogP contribution in [0.2, 0.25) is 0 Å². The zero-order valence-corrected chi connectivity index (χ0v) is 14.8. The van der Waals surface area contributed by atoms with Crippen molar-refractivity contribution >= 4 is 17.5 Å². The number of fused-ring (bicyclic) bond motifs is 1. The fourth-order valence-corrected chi connectivity index (χ4v) is 4.30. The summed E-state index contributed by atoms with van der Waals surface area (Å²) in [6.45, 7) is 7.83. The molecule has 1 N–H and O–H groups in total. The molecule has 134 valence electrons. The molecule has 3 rings (SSSR count). The Morgan fingerprint density at radius 1 is 1.50 bits per heavy atom. The lowest BCUT2D eigenvalue weighted by Crippen LogP contribution is -2.62. The van der Waals surface area contributed by atoms with E-state index in [0.717, 1.165) is 11.7 Å². The van der Waals surface area contributed by atoms with Crippen LogP contribution in [0.3, 0.4) is 0 Å². The second kappa shape index (κ2) is 5.76. The number of nitrogens with zero attached hydrogens (tertiary/aromatic N) is 5. The summed E-state index contributed by atoms with van der Waals surface area (Å²) in [6.07, 6.45) is 0.759. The molecule has 10 nitrogen and oxygen atoms in total. The average molecular weight is 359 g/mol. The number of ether oxygens (including phenoxy) is 1. The molecule has 2 saturated heterocycles. The molecule has 0 spiro atoms. The van der Waals surface area contributed by atoms with Crippen molar-refractivity contribution in [3.63, 3.8) is 0 Å². The highest BCUT2D eigenvalue weighted by atomic mass is 32.1. The van der Waals surface area contributed by atoms with Crippen LogP contribution in [0.25, 0.3) is 0 Å². The first kappa shape index (κ1) is 17.3. The second-order valence-corrected chi connectivity index (χ2v) is 7.74. The maximum Gasteiger partial charge on any atom is 0.294 e. The number of hydrogen-bond donors (Lipinski definition) is 1. The Morgan fingerprint density at radius 2 is 2.21 bits per heavy atom. The van der Waals surface area contributed by atoms with Gasteiger partial charge in [-0.25, -0.2) is 0 Å². The zero-order chi connectivity index (χ0) is 17.7. The maximum absolute atomic E-state index is 10.7. The Labute approximate surface area is 143 Å². The van der Waals surface area contributed by atoms with Crippen molar-refractivity contribution in [1.82, 2.24) is 13.8 Å². The van der Waals surface area contributed by atoms with Crippen molar-refractivity contribution < 1.29 is 19.9 Å². The van der Waals surface area contributed by atoms with Gasteiger partial charge in [0.2, 0.25) is 0 Å². The van der Waals surface area contributed by atoms with E-state index >= 15 is 0 Å². The quantitative estimate of drug-likeness (QED) is 0.620. The van der Waals surface area contributed by atoms with Gasteiger partial charge in [-0.05, 0) is 27.7 Å². The third kappa shape index (κ3) is 2.61. The summed E-state index contributed by atoms with van der Waals surface area (Å²) < 4.78 is 14.4. The first-order valence-corrected chi connectivity index (χ1v) is 8.35. The van der Waals surface area contributed by atoms with Crippen LogP contribution in [0.15, 0.2) is 6.20 Å². The van der Waals surface area contributed by atoms with Gasteiger partial charge >= 0.3 is 0 Å². The van der Waals surface area contributed by atoms with E-state index in [-0.39, 0.29) is 18.8 Å². The molecule has 24 heavy (non-hydrogen) atoms. The molecule has 2 fully saturated rings. The van der Waals surface area contributed by atoms with E-state index in [0.29, 0.717) is 12.4 Å². The third-order valence-corrected chi connectivity index (χ3v) is 5.35. The van der Waals surface area contributed by atoms with E-state index < -0.39 is 22.3 Å². The van der Waals surface area contributed by atoms with Gasteiger partial charge in [-0.3, -0.25) is 0 Å². The van der Waals surface area contributed by atoms with Crippen LogP contribution in [0.4, 0.5) is 5.82 Å². The fraction of sp³-hybridized carbons (Fsp3) is 0.846. The number of hydroxylamine groups is 2. The Kier molecular flexibility index (Phi) is 4.14. The van der Waals surface area contributed by atoms with E-state index in [4.69, 9.17) is 4.74 Å². The molecule has 1 aromatic heterocycles. The minimum Gasteiger partial charge on any atom is -0.367 e. The molecule has 3 atom stereocenters. The van der Waals surface area contributed by atoms with Crippen molar-refractivity contribution in [2.75, 3.05) is 18.1 Å². The zero-order valence-electron chi connectivity index (χ0n) is 13.9. The van der Waals surface area contributed by atoms with Crippen LogP contribution in [0.1, 0.15) is 27.7 Å². The normalized spacial score (nSPS) is 31.7.